The molecule has 0 bridgehead atoms. The highest BCUT2D eigenvalue weighted by molar-refractivity contribution is 5.99. The molecule has 1 N–H and O–H groups in total. The third kappa shape index (κ3) is 2.84. The summed E-state index contributed by atoms with van der Waals surface area (Å²) in [4.78, 5) is 34.3. The molecule has 7 nitrogen and oxygen atoms in total. The molecule has 0 saturated carbocycles. The van der Waals surface area contributed by atoms with Gasteiger partial charge in [-0.25, -0.2) is 4.98 Å². The number of methoxy groups -OCH3 is 1. The average molecular weight is 393 g/mol. The van der Waals surface area contributed by atoms with Crippen molar-refractivity contribution >= 4 is 16.9 Å². The number of aromatic nitrogens is 2. The zero-order valence-electron chi connectivity index (χ0n) is 16.6. The van der Waals surface area contributed by atoms with E-state index in [9.17, 15) is 9.59 Å². The molecule has 0 radical (unpaired) electrons. The maximum Gasteiger partial charge on any atom is 0.293 e. The molecule has 1 unspecified atom stereocenters. The van der Waals surface area contributed by atoms with Crippen LogP contribution < -0.4 is 10.3 Å². The number of benzene rings is 1. The van der Waals surface area contributed by atoms with E-state index in [1.54, 1.807) is 4.90 Å². The number of hydrogen-bond acceptors (Lipinski definition) is 5. The maximum absolute atomic E-state index is 13.4. The third-order valence-electron chi connectivity index (χ3n) is 6.18. The molecule has 1 saturated heterocycles. The van der Waals surface area contributed by atoms with Crippen molar-refractivity contribution in [1.82, 2.24) is 14.9 Å². The van der Waals surface area contributed by atoms with Crippen molar-refractivity contribution in [3.8, 4) is 5.75 Å². The fourth-order valence-electron chi connectivity index (χ4n) is 4.63. The number of carbonyl (C=O) groups excluding carboxylic acids is 1. The first-order chi connectivity index (χ1) is 14.1. The van der Waals surface area contributed by atoms with Crippen LogP contribution in [0.1, 0.15) is 58.4 Å². The molecule has 29 heavy (non-hydrogen) atoms. The van der Waals surface area contributed by atoms with Crippen LogP contribution in [0.4, 0.5) is 0 Å². The molecular weight excluding hydrogens is 370 g/mol. The van der Waals surface area contributed by atoms with Crippen molar-refractivity contribution in [3.05, 3.63) is 57.0 Å². The maximum atomic E-state index is 13.4. The molecule has 1 amide bonds. The summed E-state index contributed by atoms with van der Waals surface area (Å²) in [6.45, 7) is 2.55. The molecule has 1 atom stereocenters. The van der Waals surface area contributed by atoms with Gasteiger partial charge in [-0.1, -0.05) is 0 Å². The van der Waals surface area contributed by atoms with Crippen molar-refractivity contribution in [3.63, 3.8) is 0 Å². The summed E-state index contributed by atoms with van der Waals surface area (Å²) in [6, 6.07) is 3.99. The fourth-order valence-corrected chi connectivity index (χ4v) is 4.63. The molecule has 0 spiro atoms. The van der Waals surface area contributed by atoms with Crippen LogP contribution in [-0.4, -0.2) is 34.4 Å². The lowest BCUT2D eigenvalue weighted by atomic mass is 10.0. The Morgan fingerprint density at radius 2 is 2.07 bits per heavy atom. The van der Waals surface area contributed by atoms with Crippen LogP contribution in [0.2, 0.25) is 0 Å². The number of furan rings is 1. The van der Waals surface area contributed by atoms with Gasteiger partial charge in [-0.2, -0.15) is 0 Å². The van der Waals surface area contributed by atoms with Gasteiger partial charge in [0, 0.05) is 17.5 Å². The molecule has 1 aliphatic heterocycles. The van der Waals surface area contributed by atoms with E-state index in [4.69, 9.17) is 9.15 Å². The number of carbonyl (C=O) groups is 1. The smallest absolute Gasteiger partial charge is 0.293 e. The Bertz CT molecular complexity index is 1180. The van der Waals surface area contributed by atoms with Gasteiger partial charge in [0.05, 0.1) is 19.3 Å². The lowest BCUT2D eigenvalue weighted by Crippen LogP contribution is -2.32. The first-order valence-corrected chi connectivity index (χ1v) is 10.1. The van der Waals surface area contributed by atoms with Crippen molar-refractivity contribution in [2.24, 2.45) is 0 Å². The highest BCUT2D eigenvalue weighted by Gasteiger charge is 2.35. The van der Waals surface area contributed by atoms with Crippen LogP contribution in [0.5, 0.6) is 5.75 Å². The van der Waals surface area contributed by atoms with Crippen molar-refractivity contribution in [2.45, 2.75) is 45.1 Å². The molecule has 1 aromatic carbocycles. The Kier molecular flexibility index (Phi) is 4.19. The van der Waals surface area contributed by atoms with E-state index in [0.29, 0.717) is 18.1 Å². The quantitative estimate of drug-likeness (QED) is 0.738. The number of likely N-dealkylation sites (tertiary alicyclic amines) is 1. The molecule has 2 aliphatic rings. The minimum absolute atomic E-state index is 0.153. The summed E-state index contributed by atoms with van der Waals surface area (Å²) in [7, 11) is 1.43. The molecule has 7 heteroatoms. The van der Waals surface area contributed by atoms with Gasteiger partial charge in [0.15, 0.2) is 5.76 Å². The van der Waals surface area contributed by atoms with Crippen molar-refractivity contribution in [2.75, 3.05) is 13.7 Å². The minimum Gasteiger partial charge on any atom is -0.490 e. The van der Waals surface area contributed by atoms with Crippen LogP contribution in [0, 0.1) is 6.92 Å². The minimum atomic E-state index is -0.341. The molecular formula is C22H23N3O4. The fraction of sp³-hybridized carbons (Fsp3) is 0.409. The summed E-state index contributed by atoms with van der Waals surface area (Å²) >= 11 is 0. The summed E-state index contributed by atoms with van der Waals surface area (Å²) in [5, 5.41) is 1.01. The molecule has 150 valence electrons. The number of aromatic amines is 1. The second-order valence-electron chi connectivity index (χ2n) is 7.85. The number of ether oxygens (including phenoxy) is 1. The summed E-state index contributed by atoms with van der Waals surface area (Å²) in [5.41, 5.74) is 4.00. The Morgan fingerprint density at radius 1 is 1.28 bits per heavy atom. The van der Waals surface area contributed by atoms with Gasteiger partial charge in [-0.05, 0) is 62.3 Å². The van der Waals surface area contributed by atoms with Crippen molar-refractivity contribution < 1.29 is 13.9 Å². The van der Waals surface area contributed by atoms with Gasteiger partial charge in [0.2, 0.25) is 5.75 Å². The van der Waals surface area contributed by atoms with Crippen LogP contribution in [0.25, 0.3) is 11.0 Å². The first-order valence-electron chi connectivity index (χ1n) is 10.1. The van der Waals surface area contributed by atoms with E-state index < -0.39 is 0 Å². The van der Waals surface area contributed by atoms with Crippen LogP contribution in [0.3, 0.4) is 0 Å². The van der Waals surface area contributed by atoms with Gasteiger partial charge in [0.1, 0.15) is 11.4 Å². The molecule has 5 rings (SSSR count). The van der Waals surface area contributed by atoms with Crippen LogP contribution >= 0.6 is 0 Å². The Labute approximate surface area is 167 Å². The predicted octanol–water partition coefficient (Wildman–Crippen LogP) is 3.30. The van der Waals surface area contributed by atoms with Gasteiger partial charge < -0.3 is 19.0 Å². The number of amides is 1. The highest BCUT2D eigenvalue weighted by Crippen LogP contribution is 2.36. The molecule has 3 aromatic rings. The van der Waals surface area contributed by atoms with E-state index in [0.717, 1.165) is 42.2 Å². The number of nitrogens with zero attached hydrogens (tertiary/aromatic N) is 2. The highest BCUT2D eigenvalue weighted by atomic mass is 16.5. The van der Waals surface area contributed by atoms with Crippen molar-refractivity contribution in [1.29, 1.82) is 0 Å². The monoisotopic (exact) mass is 393 g/mol. The van der Waals surface area contributed by atoms with Crippen LogP contribution in [-0.2, 0) is 12.8 Å². The number of hydrogen-bond donors (Lipinski definition) is 1. The second-order valence-corrected chi connectivity index (χ2v) is 7.85. The van der Waals surface area contributed by atoms with E-state index in [2.05, 4.69) is 22.1 Å². The predicted molar refractivity (Wildman–Crippen MR) is 107 cm³/mol. The Morgan fingerprint density at radius 3 is 2.83 bits per heavy atom. The lowest BCUT2D eigenvalue weighted by Gasteiger charge is -2.23. The SMILES string of the molecule is COc1cnc(C2CCCN2C(=O)c2oc3cc4c(cc3c2C)CCC4)[nH]c1=O. The van der Waals surface area contributed by atoms with E-state index >= 15 is 0 Å². The zero-order chi connectivity index (χ0) is 20.1. The second kappa shape index (κ2) is 6.76. The number of rotatable bonds is 3. The number of fused-ring (bicyclic) bond motifs is 2. The van der Waals surface area contributed by atoms with E-state index in [-0.39, 0.29) is 23.3 Å². The third-order valence-corrected chi connectivity index (χ3v) is 6.18. The van der Waals surface area contributed by atoms with Gasteiger partial charge >= 0.3 is 0 Å². The summed E-state index contributed by atoms with van der Waals surface area (Å²) in [5.74, 6) is 0.867. The molecule has 1 fully saturated rings. The molecule has 1 aliphatic carbocycles. The Balaban J connectivity index is 1.50. The summed E-state index contributed by atoms with van der Waals surface area (Å²) in [6.07, 6.45) is 6.33. The largest absolute Gasteiger partial charge is 0.490 e. The lowest BCUT2D eigenvalue weighted by molar-refractivity contribution is 0.0698. The topological polar surface area (TPSA) is 88.4 Å². The molecule has 2 aromatic heterocycles. The standard InChI is InChI=1S/C22H23N3O4/c1-12-15-9-13-5-3-6-14(13)10-17(15)29-19(12)22(27)25-8-4-7-16(25)20-23-11-18(28-2)21(26)24-20/h9-11,16H,3-8H2,1-2H3,(H,23,24,26). The number of H-pyrrole nitrogens is 1. The number of aryl methyl sites for hydroxylation is 3. The summed E-state index contributed by atoms with van der Waals surface area (Å²) < 4.78 is 11.0. The zero-order valence-corrected chi connectivity index (χ0v) is 16.6. The van der Waals surface area contributed by atoms with E-state index in [1.165, 1.54) is 30.9 Å². The number of nitrogens with one attached hydrogen (secondary N) is 1. The van der Waals surface area contributed by atoms with Gasteiger partial charge in [0.25, 0.3) is 11.5 Å². The van der Waals surface area contributed by atoms with Crippen LogP contribution in [0.15, 0.2) is 27.5 Å². The normalized spacial score (nSPS) is 18.4. The molecule has 3 heterocycles. The van der Waals surface area contributed by atoms with Gasteiger partial charge in [-0.3, -0.25) is 9.59 Å². The van der Waals surface area contributed by atoms with E-state index in [1.807, 2.05) is 6.92 Å². The first kappa shape index (κ1) is 18.0. The van der Waals surface area contributed by atoms with Gasteiger partial charge in [-0.15, -0.1) is 0 Å². The Hall–Kier alpha value is -3.09. The average Bonchev–Trinajstić information content (AvgIpc) is 3.45.